The summed E-state index contributed by atoms with van der Waals surface area (Å²) in [5.74, 6) is -0.961. The van der Waals surface area contributed by atoms with Crippen molar-refractivity contribution in [2.24, 2.45) is 0 Å². The molecule has 0 atom stereocenters. The van der Waals surface area contributed by atoms with Gasteiger partial charge in [0.15, 0.2) is 5.82 Å². The molecule has 1 heterocycles. The Morgan fingerprint density at radius 3 is 2.70 bits per heavy atom. The molecule has 5 nitrogen and oxygen atoms in total. The van der Waals surface area contributed by atoms with E-state index in [2.05, 4.69) is 9.71 Å². The molecule has 2 aromatic rings. The van der Waals surface area contributed by atoms with Gasteiger partial charge in [-0.1, -0.05) is 17.7 Å². The summed E-state index contributed by atoms with van der Waals surface area (Å²) in [5.41, 5.74) is 5.65. The van der Waals surface area contributed by atoms with Crippen molar-refractivity contribution in [1.82, 2.24) is 4.98 Å². The van der Waals surface area contributed by atoms with E-state index < -0.39 is 20.7 Å². The topological polar surface area (TPSA) is 85.1 Å². The van der Waals surface area contributed by atoms with Gasteiger partial charge in [0.05, 0.1) is 5.69 Å². The van der Waals surface area contributed by atoms with Gasteiger partial charge in [-0.2, -0.15) is 0 Å². The van der Waals surface area contributed by atoms with Crippen LogP contribution in [0.4, 0.5) is 15.9 Å². The van der Waals surface area contributed by atoms with Crippen LogP contribution in [0.25, 0.3) is 0 Å². The number of pyridine rings is 1. The van der Waals surface area contributed by atoms with Gasteiger partial charge in [-0.05, 0) is 31.2 Å². The molecule has 3 N–H and O–H groups in total. The van der Waals surface area contributed by atoms with Crippen molar-refractivity contribution in [3.8, 4) is 0 Å². The molecule has 0 aliphatic carbocycles. The molecule has 0 saturated heterocycles. The molecule has 1 aromatic carbocycles. The summed E-state index contributed by atoms with van der Waals surface area (Å²) in [5, 5.41) is 0.0291. The number of aryl methyl sites for hydroxylation is 1. The first-order chi connectivity index (χ1) is 9.29. The molecule has 0 unspecified atom stereocenters. The van der Waals surface area contributed by atoms with Crippen molar-refractivity contribution in [3.63, 3.8) is 0 Å². The van der Waals surface area contributed by atoms with Gasteiger partial charge in [-0.25, -0.2) is 17.8 Å². The highest BCUT2D eigenvalue weighted by Gasteiger charge is 2.22. The van der Waals surface area contributed by atoms with Crippen molar-refractivity contribution in [2.45, 2.75) is 11.8 Å². The fraction of sp³-hybridized carbons (Fsp3) is 0.0833. The lowest BCUT2D eigenvalue weighted by atomic mass is 10.3. The van der Waals surface area contributed by atoms with E-state index in [1.807, 2.05) is 0 Å². The normalized spacial score (nSPS) is 11.3. The second-order valence-electron chi connectivity index (χ2n) is 4.08. The summed E-state index contributed by atoms with van der Waals surface area (Å²) in [6.07, 6.45) is 0. The third kappa shape index (κ3) is 3.00. The molecule has 20 heavy (non-hydrogen) atoms. The van der Waals surface area contributed by atoms with Crippen molar-refractivity contribution in [3.05, 3.63) is 46.9 Å². The van der Waals surface area contributed by atoms with Crippen molar-refractivity contribution in [1.29, 1.82) is 0 Å². The number of anilines is 2. The van der Waals surface area contributed by atoms with Crippen LogP contribution in [0.5, 0.6) is 0 Å². The molecule has 0 spiro atoms. The first-order valence-corrected chi connectivity index (χ1v) is 7.37. The van der Waals surface area contributed by atoms with E-state index in [0.29, 0.717) is 5.69 Å². The number of nitrogen functional groups attached to an aromatic ring is 1. The number of rotatable bonds is 3. The Kier molecular flexibility index (Phi) is 3.82. The van der Waals surface area contributed by atoms with Crippen LogP contribution in [-0.2, 0) is 10.0 Å². The lowest BCUT2D eigenvalue weighted by Crippen LogP contribution is -2.16. The SMILES string of the molecule is Cc1cccc(NS(=O)(=O)c2cc(Cl)cc(N)c2F)n1. The number of hydrogen-bond donors (Lipinski definition) is 2. The Morgan fingerprint density at radius 2 is 2.05 bits per heavy atom. The Bertz CT molecular complexity index is 765. The van der Waals surface area contributed by atoms with Crippen molar-refractivity contribution < 1.29 is 12.8 Å². The molecular weight excluding hydrogens is 305 g/mol. The number of nitrogens with two attached hydrogens (primary N) is 1. The zero-order valence-corrected chi connectivity index (χ0v) is 12.0. The van der Waals surface area contributed by atoms with Crippen LogP contribution in [0.15, 0.2) is 35.2 Å². The summed E-state index contributed by atoms with van der Waals surface area (Å²) < 4.78 is 40.3. The molecule has 0 fully saturated rings. The zero-order chi connectivity index (χ0) is 14.9. The summed E-state index contributed by atoms with van der Waals surface area (Å²) >= 11 is 5.70. The van der Waals surface area contributed by atoms with E-state index in [-0.39, 0.29) is 16.5 Å². The third-order valence-electron chi connectivity index (χ3n) is 2.45. The zero-order valence-electron chi connectivity index (χ0n) is 10.4. The largest absolute Gasteiger partial charge is 0.396 e. The second-order valence-corrected chi connectivity index (χ2v) is 6.16. The van der Waals surface area contributed by atoms with Gasteiger partial charge < -0.3 is 5.73 Å². The molecule has 0 bridgehead atoms. The van der Waals surface area contributed by atoms with Crippen molar-refractivity contribution >= 4 is 33.1 Å². The van der Waals surface area contributed by atoms with Gasteiger partial charge in [0.1, 0.15) is 10.7 Å². The van der Waals surface area contributed by atoms with Gasteiger partial charge >= 0.3 is 0 Å². The van der Waals surface area contributed by atoms with Crippen LogP contribution >= 0.6 is 11.6 Å². The number of hydrogen-bond acceptors (Lipinski definition) is 4. The number of nitrogens with zero attached hydrogens (tertiary/aromatic N) is 1. The van der Waals surface area contributed by atoms with Crippen LogP contribution in [0, 0.1) is 12.7 Å². The minimum atomic E-state index is -4.16. The quantitative estimate of drug-likeness (QED) is 0.852. The molecule has 0 amide bonds. The number of benzene rings is 1. The number of halogens is 2. The van der Waals surface area contributed by atoms with E-state index in [1.54, 1.807) is 19.1 Å². The Balaban J connectivity index is 2.46. The first-order valence-electron chi connectivity index (χ1n) is 5.50. The van der Waals surface area contributed by atoms with Crippen LogP contribution in [0.1, 0.15) is 5.69 Å². The maximum atomic E-state index is 13.8. The smallest absolute Gasteiger partial charge is 0.266 e. The molecule has 8 heteroatoms. The van der Waals surface area contributed by atoms with E-state index in [9.17, 15) is 12.8 Å². The number of nitrogens with one attached hydrogen (secondary N) is 1. The number of aromatic nitrogens is 1. The summed E-state index contributed by atoms with van der Waals surface area (Å²) in [7, 11) is -4.16. The standard InChI is InChI=1S/C12H11ClFN3O2S/c1-7-3-2-4-11(16-7)17-20(18,19)10-6-8(13)5-9(15)12(10)14/h2-6H,15H2,1H3,(H,16,17). The van der Waals surface area contributed by atoms with Crippen LogP contribution in [0.3, 0.4) is 0 Å². The summed E-state index contributed by atoms with van der Waals surface area (Å²) in [6.45, 7) is 1.70. The van der Waals surface area contributed by atoms with E-state index in [0.717, 1.165) is 12.1 Å². The van der Waals surface area contributed by atoms with Crippen molar-refractivity contribution in [2.75, 3.05) is 10.5 Å². The molecule has 0 radical (unpaired) electrons. The van der Waals surface area contributed by atoms with Crippen LogP contribution in [0.2, 0.25) is 5.02 Å². The summed E-state index contributed by atoms with van der Waals surface area (Å²) in [6, 6.07) is 6.92. The van der Waals surface area contributed by atoms with E-state index in [4.69, 9.17) is 17.3 Å². The predicted molar refractivity (Wildman–Crippen MR) is 75.6 cm³/mol. The minimum Gasteiger partial charge on any atom is -0.396 e. The Hall–Kier alpha value is -1.86. The van der Waals surface area contributed by atoms with Gasteiger partial charge in [0, 0.05) is 10.7 Å². The molecule has 0 saturated carbocycles. The average Bonchev–Trinajstić information content (AvgIpc) is 2.33. The first kappa shape index (κ1) is 14.5. The molecular formula is C12H11ClFN3O2S. The van der Waals surface area contributed by atoms with Gasteiger partial charge in [-0.3, -0.25) is 4.72 Å². The molecule has 0 aliphatic rings. The highest BCUT2D eigenvalue weighted by Crippen LogP contribution is 2.26. The third-order valence-corrected chi connectivity index (χ3v) is 4.02. The highest BCUT2D eigenvalue weighted by molar-refractivity contribution is 7.92. The monoisotopic (exact) mass is 315 g/mol. The number of sulfonamides is 1. The molecule has 1 aromatic heterocycles. The van der Waals surface area contributed by atoms with Gasteiger partial charge in [-0.15, -0.1) is 0 Å². The molecule has 2 rings (SSSR count). The van der Waals surface area contributed by atoms with Crippen LogP contribution in [-0.4, -0.2) is 13.4 Å². The predicted octanol–water partition coefficient (Wildman–Crippen LogP) is 2.57. The maximum Gasteiger partial charge on any atom is 0.266 e. The van der Waals surface area contributed by atoms with Crippen LogP contribution < -0.4 is 10.5 Å². The lowest BCUT2D eigenvalue weighted by Gasteiger charge is -2.10. The van der Waals surface area contributed by atoms with Gasteiger partial charge in [0.2, 0.25) is 0 Å². The Morgan fingerprint density at radius 1 is 1.35 bits per heavy atom. The fourth-order valence-electron chi connectivity index (χ4n) is 1.57. The maximum absolute atomic E-state index is 13.8. The molecule has 106 valence electrons. The fourth-order valence-corrected chi connectivity index (χ4v) is 3.00. The molecule has 0 aliphatic heterocycles. The average molecular weight is 316 g/mol. The minimum absolute atomic E-state index is 0.0291. The summed E-state index contributed by atoms with van der Waals surface area (Å²) in [4.78, 5) is 3.36. The van der Waals surface area contributed by atoms with Gasteiger partial charge in [0.25, 0.3) is 10.0 Å². The van der Waals surface area contributed by atoms with E-state index >= 15 is 0 Å². The highest BCUT2D eigenvalue weighted by atomic mass is 35.5. The second kappa shape index (κ2) is 5.26. The Labute approximate surface area is 120 Å². The lowest BCUT2D eigenvalue weighted by molar-refractivity contribution is 0.573. The van der Waals surface area contributed by atoms with E-state index in [1.165, 1.54) is 6.07 Å².